The van der Waals surface area contributed by atoms with Crippen molar-refractivity contribution < 1.29 is 14.3 Å². The number of amides is 2. The number of nitrogens with zero attached hydrogens (tertiary/aromatic N) is 1. The third-order valence-electron chi connectivity index (χ3n) is 5.75. The first-order valence-corrected chi connectivity index (χ1v) is 8.99. The molecule has 24 heavy (non-hydrogen) atoms. The Morgan fingerprint density at radius 2 is 2.08 bits per heavy atom. The van der Waals surface area contributed by atoms with Crippen LogP contribution in [0.5, 0.6) is 0 Å². The number of hydrogen-bond acceptors (Lipinski definition) is 2. The molecule has 0 spiro atoms. The molecule has 0 aromatic heterocycles. The summed E-state index contributed by atoms with van der Waals surface area (Å²) in [5, 5.41) is 12.4. The van der Waals surface area contributed by atoms with Crippen LogP contribution in [0.2, 0.25) is 0 Å². The lowest BCUT2D eigenvalue weighted by atomic mass is 9.77. The van der Waals surface area contributed by atoms with Crippen molar-refractivity contribution in [3.8, 4) is 0 Å². The van der Waals surface area contributed by atoms with E-state index in [0.717, 1.165) is 19.3 Å². The Morgan fingerprint density at radius 3 is 2.67 bits per heavy atom. The second-order valence-corrected chi connectivity index (χ2v) is 7.28. The van der Waals surface area contributed by atoms with Gasteiger partial charge in [-0.15, -0.1) is 0 Å². The topological polar surface area (TPSA) is 52.6 Å². The van der Waals surface area contributed by atoms with Gasteiger partial charge in [0.1, 0.15) is 5.82 Å². The Morgan fingerprint density at radius 1 is 1.38 bits per heavy atom. The van der Waals surface area contributed by atoms with Gasteiger partial charge in [0.2, 0.25) is 0 Å². The highest BCUT2D eigenvalue weighted by Crippen LogP contribution is 2.40. The third kappa shape index (κ3) is 3.72. The van der Waals surface area contributed by atoms with Gasteiger partial charge in [0, 0.05) is 31.8 Å². The maximum atomic E-state index is 13.9. The van der Waals surface area contributed by atoms with Crippen LogP contribution in [0, 0.1) is 11.2 Å². The first-order chi connectivity index (χ1) is 11.6. The standard InChI is InChI=1S/C19H27FN2O2/c1-2-19(13-23)7-9-22(10-8-19)18(24)21-12-16-11-15(14-3-4-14)5-6-17(16)20/h5-6,11,14,23H,2-4,7-10,12-13H2,1H3,(H,21,24). The van der Waals surface area contributed by atoms with Crippen molar-refractivity contribution in [1.29, 1.82) is 0 Å². The van der Waals surface area contributed by atoms with Gasteiger partial charge in [-0.3, -0.25) is 0 Å². The van der Waals surface area contributed by atoms with E-state index >= 15 is 0 Å². The smallest absolute Gasteiger partial charge is 0.317 e. The van der Waals surface area contributed by atoms with Crippen molar-refractivity contribution in [1.82, 2.24) is 10.2 Å². The molecule has 5 heteroatoms. The first-order valence-electron chi connectivity index (χ1n) is 8.99. The highest BCUT2D eigenvalue weighted by molar-refractivity contribution is 5.74. The lowest BCUT2D eigenvalue weighted by Crippen LogP contribution is -2.48. The van der Waals surface area contributed by atoms with E-state index in [1.807, 2.05) is 12.1 Å². The van der Waals surface area contributed by atoms with Crippen LogP contribution in [-0.4, -0.2) is 35.7 Å². The second kappa shape index (κ2) is 7.09. The van der Waals surface area contributed by atoms with Crippen molar-refractivity contribution in [3.05, 3.63) is 35.1 Å². The van der Waals surface area contributed by atoms with E-state index in [1.165, 1.54) is 24.5 Å². The average Bonchev–Trinajstić information content (AvgIpc) is 3.46. The molecular weight excluding hydrogens is 307 g/mol. The van der Waals surface area contributed by atoms with E-state index < -0.39 is 0 Å². The van der Waals surface area contributed by atoms with E-state index in [0.29, 0.717) is 24.6 Å². The molecule has 1 aromatic rings. The van der Waals surface area contributed by atoms with Crippen LogP contribution in [0.4, 0.5) is 9.18 Å². The molecule has 0 radical (unpaired) electrons. The molecule has 0 atom stereocenters. The maximum Gasteiger partial charge on any atom is 0.317 e. The number of rotatable bonds is 5. The number of halogens is 1. The summed E-state index contributed by atoms with van der Waals surface area (Å²) in [5.41, 5.74) is 1.69. The van der Waals surface area contributed by atoms with Crippen LogP contribution in [0.1, 0.15) is 56.1 Å². The van der Waals surface area contributed by atoms with Crippen molar-refractivity contribution in [3.63, 3.8) is 0 Å². The highest BCUT2D eigenvalue weighted by atomic mass is 19.1. The zero-order valence-corrected chi connectivity index (χ0v) is 14.4. The van der Waals surface area contributed by atoms with Gasteiger partial charge in [-0.25, -0.2) is 9.18 Å². The summed E-state index contributed by atoms with van der Waals surface area (Å²) < 4.78 is 13.9. The fraction of sp³-hybridized carbons (Fsp3) is 0.632. The molecule has 1 aromatic carbocycles. The quantitative estimate of drug-likeness (QED) is 0.867. The van der Waals surface area contributed by atoms with Crippen LogP contribution in [0.25, 0.3) is 0 Å². The largest absolute Gasteiger partial charge is 0.396 e. The molecule has 1 aliphatic carbocycles. The summed E-state index contributed by atoms with van der Waals surface area (Å²) in [4.78, 5) is 14.1. The molecular formula is C19H27FN2O2. The van der Waals surface area contributed by atoms with Crippen LogP contribution < -0.4 is 5.32 Å². The van der Waals surface area contributed by atoms with Gasteiger partial charge in [-0.1, -0.05) is 19.1 Å². The number of aliphatic hydroxyl groups excluding tert-OH is 1. The van der Waals surface area contributed by atoms with E-state index in [-0.39, 0.29) is 30.4 Å². The predicted molar refractivity (Wildman–Crippen MR) is 91.2 cm³/mol. The van der Waals surface area contributed by atoms with Gasteiger partial charge >= 0.3 is 6.03 Å². The number of carbonyl (C=O) groups is 1. The van der Waals surface area contributed by atoms with Crippen molar-refractivity contribution >= 4 is 6.03 Å². The van der Waals surface area contributed by atoms with Gasteiger partial charge in [0.25, 0.3) is 0 Å². The summed E-state index contributed by atoms with van der Waals surface area (Å²) in [7, 11) is 0. The van der Waals surface area contributed by atoms with E-state index in [4.69, 9.17) is 0 Å². The minimum Gasteiger partial charge on any atom is -0.396 e. The Labute approximate surface area is 143 Å². The second-order valence-electron chi connectivity index (χ2n) is 7.28. The van der Waals surface area contributed by atoms with Crippen molar-refractivity contribution in [2.45, 2.75) is 51.5 Å². The molecule has 132 valence electrons. The Hall–Kier alpha value is -1.62. The van der Waals surface area contributed by atoms with E-state index in [9.17, 15) is 14.3 Å². The molecule has 1 aliphatic heterocycles. The van der Waals surface area contributed by atoms with Gasteiger partial charge in [-0.05, 0) is 55.1 Å². The number of benzene rings is 1. The van der Waals surface area contributed by atoms with Crippen molar-refractivity contribution in [2.24, 2.45) is 5.41 Å². The lowest BCUT2D eigenvalue weighted by molar-refractivity contribution is 0.0519. The highest BCUT2D eigenvalue weighted by Gasteiger charge is 2.33. The number of nitrogens with one attached hydrogen (secondary N) is 1. The molecule has 1 heterocycles. The minimum absolute atomic E-state index is 0.0402. The molecule has 2 amide bonds. The fourth-order valence-electron chi connectivity index (χ4n) is 3.49. The molecule has 0 bridgehead atoms. The van der Waals surface area contributed by atoms with Gasteiger partial charge < -0.3 is 15.3 Å². The number of carbonyl (C=O) groups excluding carboxylic acids is 1. The normalized spacial score (nSPS) is 20.0. The van der Waals surface area contributed by atoms with Crippen LogP contribution in [0.15, 0.2) is 18.2 Å². The summed E-state index contributed by atoms with van der Waals surface area (Å²) >= 11 is 0. The lowest BCUT2D eigenvalue weighted by Gasteiger charge is -2.40. The zero-order valence-electron chi connectivity index (χ0n) is 14.4. The molecule has 3 rings (SSSR count). The molecule has 0 unspecified atom stereocenters. The van der Waals surface area contributed by atoms with Crippen LogP contribution in [-0.2, 0) is 6.54 Å². The number of piperidine rings is 1. The monoisotopic (exact) mass is 334 g/mol. The molecule has 1 saturated carbocycles. The van der Waals surface area contributed by atoms with Gasteiger partial charge in [0.15, 0.2) is 0 Å². The summed E-state index contributed by atoms with van der Waals surface area (Å²) in [5.74, 6) is 0.311. The number of urea groups is 1. The molecule has 2 N–H and O–H groups in total. The number of hydrogen-bond donors (Lipinski definition) is 2. The zero-order chi connectivity index (χ0) is 17.2. The van der Waals surface area contributed by atoms with E-state index in [2.05, 4.69) is 12.2 Å². The SMILES string of the molecule is CCC1(CO)CCN(C(=O)NCc2cc(C3CC3)ccc2F)CC1. The van der Waals surface area contributed by atoms with E-state index in [1.54, 1.807) is 4.90 Å². The predicted octanol–water partition coefficient (Wildman–Crippen LogP) is 3.40. The van der Waals surface area contributed by atoms with Gasteiger partial charge in [-0.2, -0.15) is 0 Å². The molecule has 1 saturated heterocycles. The number of aliphatic hydroxyl groups is 1. The summed E-state index contributed by atoms with van der Waals surface area (Å²) in [6, 6.07) is 5.10. The average molecular weight is 334 g/mol. The summed E-state index contributed by atoms with van der Waals surface area (Å²) in [6.07, 6.45) is 4.92. The maximum absolute atomic E-state index is 13.9. The van der Waals surface area contributed by atoms with Gasteiger partial charge in [0.05, 0.1) is 0 Å². The Balaban J connectivity index is 1.54. The third-order valence-corrected chi connectivity index (χ3v) is 5.75. The number of likely N-dealkylation sites (tertiary alicyclic amines) is 1. The first kappa shape index (κ1) is 17.2. The fourth-order valence-corrected chi connectivity index (χ4v) is 3.49. The minimum atomic E-state index is -0.261. The van der Waals surface area contributed by atoms with Crippen LogP contribution in [0.3, 0.4) is 0 Å². The summed E-state index contributed by atoms with van der Waals surface area (Å²) in [6.45, 7) is 3.77. The Bertz CT molecular complexity index is 587. The molecule has 2 fully saturated rings. The van der Waals surface area contributed by atoms with Crippen molar-refractivity contribution in [2.75, 3.05) is 19.7 Å². The Kier molecular flexibility index (Phi) is 5.09. The molecule has 4 nitrogen and oxygen atoms in total. The molecule has 2 aliphatic rings. The van der Waals surface area contributed by atoms with Crippen LogP contribution >= 0.6 is 0 Å².